The second-order valence-corrected chi connectivity index (χ2v) is 6.17. The lowest BCUT2D eigenvalue weighted by Crippen LogP contribution is -2.24. The minimum Gasteiger partial charge on any atom is -0.508 e. The van der Waals surface area contributed by atoms with Crippen molar-refractivity contribution in [1.29, 1.82) is 0 Å². The topological polar surface area (TPSA) is 91.2 Å². The van der Waals surface area contributed by atoms with E-state index in [0.29, 0.717) is 11.3 Å². The Bertz CT molecular complexity index is 750. The molecule has 0 saturated heterocycles. The van der Waals surface area contributed by atoms with Gasteiger partial charge in [-0.3, -0.25) is 4.79 Å². The summed E-state index contributed by atoms with van der Waals surface area (Å²) in [5, 5.41) is 22.5. The average Bonchev–Trinajstić information content (AvgIpc) is 2.48. The van der Waals surface area contributed by atoms with Crippen LogP contribution in [0.15, 0.2) is 50.4 Å². The molecule has 0 spiro atoms. The molecular weight excluding hydrogens is 432 g/mol. The second-order valence-electron chi connectivity index (χ2n) is 4.40. The number of aromatic hydroxyl groups is 2. The van der Waals surface area contributed by atoms with E-state index in [1.54, 1.807) is 18.2 Å². The highest BCUT2D eigenvalue weighted by Crippen LogP contribution is 2.28. The molecule has 2 aromatic carbocycles. The third-order valence-electron chi connectivity index (χ3n) is 2.66. The summed E-state index contributed by atoms with van der Waals surface area (Å²) in [6.07, 6.45) is 1.27. The van der Waals surface area contributed by atoms with Crippen LogP contribution in [0.3, 0.4) is 0 Å². The number of hydrogen-bond acceptors (Lipinski definition) is 5. The van der Waals surface area contributed by atoms with Crippen molar-refractivity contribution < 1.29 is 19.7 Å². The van der Waals surface area contributed by atoms with Crippen LogP contribution in [0.1, 0.15) is 5.56 Å². The van der Waals surface area contributed by atoms with Gasteiger partial charge in [-0.1, -0.05) is 15.9 Å². The minimum absolute atomic E-state index is 0.0582. The predicted molar refractivity (Wildman–Crippen MR) is 92.8 cm³/mol. The molecule has 3 N–H and O–H groups in total. The van der Waals surface area contributed by atoms with Gasteiger partial charge in [-0.2, -0.15) is 5.10 Å². The number of benzene rings is 2. The molecule has 0 heterocycles. The van der Waals surface area contributed by atoms with E-state index < -0.39 is 5.91 Å². The number of ether oxygens (including phenoxy) is 1. The van der Waals surface area contributed by atoms with E-state index >= 15 is 0 Å². The Hall–Kier alpha value is -2.06. The molecule has 8 heteroatoms. The van der Waals surface area contributed by atoms with Gasteiger partial charge in [0, 0.05) is 16.1 Å². The highest BCUT2D eigenvalue weighted by molar-refractivity contribution is 9.11. The molecule has 23 heavy (non-hydrogen) atoms. The molecule has 120 valence electrons. The average molecular weight is 444 g/mol. The monoisotopic (exact) mass is 442 g/mol. The fraction of sp³-hybridized carbons (Fsp3) is 0.0667. The lowest BCUT2D eigenvalue weighted by Gasteiger charge is -2.07. The Morgan fingerprint density at radius 2 is 2.00 bits per heavy atom. The van der Waals surface area contributed by atoms with Crippen molar-refractivity contribution in [2.45, 2.75) is 0 Å². The minimum atomic E-state index is -0.450. The first-order valence-corrected chi connectivity index (χ1v) is 7.96. The van der Waals surface area contributed by atoms with Crippen LogP contribution in [0.25, 0.3) is 0 Å². The summed E-state index contributed by atoms with van der Waals surface area (Å²) >= 11 is 6.65. The molecule has 6 nitrogen and oxygen atoms in total. The summed E-state index contributed by atoms with van der Waals surface area (Å²) in [5.74, 6) is -0.118. The molecule has 0 atom stereocenters. The number of phenolic OH excluding ortho intramolecular Hbond substituents is 2. The van der Waals surface area contributed by atoms with Crippen molar-refractivity contribution >= 4 is 44.0 Å². The van der Waals surface area contributed by atoms with Gasteiger partial charge in [-0.15, -0.1) is 0 Å². The SMILES string of the molecule is O=C(COc1ccc(Br)cc1Br)N/N=C/c1ccc(O)cc1O. The van der Waals surface area contributed by atoms with Crippen molar-refractivity contribution in [2.24, 2.45) is 5.10 Å². The number of amides is 1. The molecular formula is C15H12Br2N2O4. The summed E-state index contributed by atoms with van der Waals surface area (Å²) in [4.78, 5) is 11.6. The number of rotatable bonds is 5. The van der Waals surface area contributed by atoms with E-state index in [-0.39, 0.29) is 18.1 Å². The van der Waals surface area contributed by atoms with Crippen molar-refractivity contribution in [3.05, 3.63) is 50.9 Å². The molecule has 0 radical (unpaired) electrons. The van der Waals surface area contributed by atoms with Gasteiger partial charge in [0.2, 0.25) is 0 Å². The Kier molecular flexibility index (Phi) is 6.00. The molecule has 1 amide bonds. The summed E-state index contributed by atoms with van der Waals surface area (Å²) in [7, 11) is 0. The molecule has 0 fully saturated rings. The van der Waals surface area contributed by atoms with Gasteiger partial charge in [0.05, 0.1) is 10.7 Å². The molecule has 0 unspecified atom stereocenters. The molecule has 2 aromatic rings. The van der Waals surface area contributed by atoms with Crippen LogP contribution in [0.2, 0.25) is 0 Å². The summed E-state index contributed by atoms with van der Waals surface area (Å²) in [5.41, 5.74) is 2.64. The van der Waals surface area contributed by atoms with E-state index in [1.165, 1.54) is 24.4 Å². The van der Waals surface area contributed by atoms with Gasteiger partial charge in [-0.25, -0.2) is 5.43 Å². The quantitative estimate of drug-likeness (QED) is 0.489. The highest BCUT2D eigenvalue weighted by Gasteiger charge is 2.05. The van der Waals surface area contributed by atoms with E-state index in [1.807, 2.05) is 0 Å². The second kappa shape index (κ2) is 7.98. The summed E-state index contributed by atoms with van der Waals surface area (Å²) in [6.45, 7) is -0.209. The third kappa shape index (κ3) is 5.26. The van der Waals surface area contributed by atoms with Crippen LogP contribution in [-0.4, -0.2) is 28.9 Å². The van der Waals surface area contributed by atoms with Crippen molar-refractivity contribution in [2.75, 3.05) is 6.61 Å². The molecule has 0 aliphatic rings. The smallest absolute Gasteiger partial charge is 0.277 e. The molecule has 0 aromatic heterocycles. The maximum Gasteiger partial charge on any atom is 0.277 e. The normalized spacial score (nSPS) is 10.7. The van der Waals surface area contributed by atoms with Gasteiger partial charge in [0.1, 0.15) is 17.2 Å². The molecule has 0 bridgehead atoms. The molecule has 0 saturated carbocycles. The number of carbonyl (C=O) groups is 1. The number of nitrogens with one attached hydrogen (secondary N) is 1. The zero-order chi connectivity index (χ0) is 16.8. The number of hydrogen-bond donors (Lipinski definition) is 3. The Balaban J connectivity index is 1.86. The summed E-state index contributed by atoms with van der Waals surface area (Å²) < 4.78 is 6.97. The molecule has 0 aliphatic carbocycles. The number of phenols is 2. The van der Waals surface area contributed by atoms with Gasteiger partial charge in [-0.05, 0) is 46.3 Å². The van der Waals surface area contributed by atoms with Gasteiger partial charge >= 0.3 is 0 Å². The largest absolute Gasteiger partial charge is 0.508 e. The number of nitrogens with zero attached hydrogens (tertiary/aromatic N) is 1. The van der Waals surface area contributed by atoms with Crippen LogP contribution >= 0.6 is 31.9 Å². The standard InChI is InChI=1S/C15H12Br2N2O4/c16-10-2-4-14(12(17)5-10)23-8-15(22)19-18-7-9-1-3-11(20)6-13(9)21/h1-7,20-21H,8H2,(H,19,22)/b18-7+. The van der Waals surface area contributed by atoms with Crippen molar-refractivity contribution in [3.63, 3.8) is 0 Å². The highest BCUT2D eigenvalue weighted by atomic mass is 79.9. The van der Waals surface area contributed by atoms with Gasteiger partial charge in [0.25, 0.3) is 5.91 Å². The maximum absolute atomic E-state index is 11.6. The van der Waals surface area contributed by atoms with E-state index in [0.717, 1.165) is 8.95 Å². The van der Waals surface area contributed by atoms with E-state index in [9.17, 15) is 15.0 Å². The maximum atomic E-state index is 11.6. The summed E-state index contributed by atoms with van der Waals surface area (Å²) in [6, 6.07) is 9.37. The number of hydrazone groups is 1. The Morgan fingerprint density at radius 3 is 2.70 bits per heavy atom. The van der Waals surface area contributed by atoms with Crippen LogP contribution < -0.4 is 10.2 Å². The fourth-order valence-corrected chi connectivity index (χ4v) is 2.74. The number of halogens is 2. The molecule has 0 aliphatic heterocycles. The Morgan fingerprint density at radius 1 is 1.22 bits per heavy atom. The third-order valence-corrected chi connectivity index (χ3v) is 3.77. The van der Waals surface area contributed by atoms with Gasteiger partial charge in [0.15, 0.2) is 6.61 Å². The Labute approximate surface area is 149 Å². The lowest BCUT2D eigenvalue weighted by atomic mass is 10.2. The zero-order valence-corrected chi connectivity index (χ0v) is 14.8. The fourth-order valence-electron chi connectivity index (χ4n) is 1.58. The molecule has 2 rings (SSSR count). The van der Waals surface area contributed by atoms with Crippen LogP contribution in [0, 0.1) is 0 Å². The van der Waals surface area contributed by atoms with E-state index in [2.05, 4.69) is 42.4 Å². The first-order valence-electron chi connectivity index (χ1n) is 6.37. The van der Waals surface area contributed by atoms with Crippen LogP contribution in [0.4, 0.5) is 0 Å². The lowest BCUT2D eigenvalue weighted by molar-refractivity contribution is -0.123. The van der Waals surface area contributed by atoms with Crippen molar-refractivity contribution in [3.8, 4) is 17.2 Å². The predicted octanol–water partition coefficient (Wildman–Crippen LogP) is 3.15. The number of carbonyl (C=O) groups excluding carboxylic acids is 1. The first-order chi connectivity index (χ1) is 11.0. The van der Waals surface area contributed by atoms with Crippen LogP contribution in [0.5, 0.6) is 17.2 Å². The van der Waals surface area contributed by atoms with Crippen LogP contribution in [-0.2, 0) is 4.79 Å². The van der Waals surface area contributed by atoms with E-state index in [4.69, 9.17) is 4.74 Å². The van der Waals surface area contributed by atoms with Crippen molar-refractivity contribution in [1.82, 2.24) is 5.43 Å². The zero-order valence-electron chi connectivity index (χ0n) is 11.7. The first kappa shape index (κ1) is 17.3. The van der Waals surface area contributed by atoms with Gasteiger partial charge < -0.3 is 14.9 Å².